The molecule has 0 atom stereocenters. The lowest BCUT2D eigenvalue weighted by Gasteiger charge is -2.16. The molecule has 0 amide bonds. The van der Waals surface area contributed by atoms with E-state index in [4.69, 9.17) is 17.0 Å². The smallest absolute Gasteiger partial charge is 0.122 e. The normalized spacial score (nSPS) is 13.6. The van der Waals surface area contributed by atoms with Crippen LogP contribution in [0.25, 0.3) is 0 Å². The van der Waals surface area contributed by atoms with Crippen LogP contribution in [0, 0.1) is 6.92 Å². The summed E-state index contributed by atoms with van der Waals surface area (Å²) >= 11 is 5.37. The van der Waals surface area contributed by atoms with Gasteiger partial charge >= 0.3 is 0 Å². The van der Waals surface area contributed by atoms with Crippen LogP contribution in [0.15, 0.2) is 36.4 Å². The molecule has 0 saturated heterocycles. The van der Waals surface area contributed by atoms with Crippen molar-refractivity contribution in [1.29, 1.82) is 0 Å². The molecule has 2 nitrogen and oxygen atoms in total. The number of thiocarbonyl (C=S) groups is 1. The predicted molar refractivity (Wildman–Crippen MR) is 110 cm³/mol. The highest BCUT2D eigenvalue weighted by molar-refractivity contribution is 7.80. The van der Waals surface area contributed by atoms with Crippen molar-refractivity contribution in [3.05, 3.63) is 58.7 Å². The molecule has 0 aliphatic heterocycles. The quantitative estimate of drug-likeness (QED) is 0.602. The van der Waals surface area contributed by atoms with E-state index in [0.717, 1.165) is 35.2 Å². The zero-order valence-electron chi connectivity index (χ0n) is 15.4. The Kier molecular flexibility index (Phi) is 5.74. The van der Waals surface area contributed by atoms with Gasteiger partial charge in [-0.15, -0.1) is 0 Å². The molecule has 132 valence electrons. The van der Waals surface area contributed by atoms with Gasteiger partial charge in [-0.2, -0.15) is 0 Å². The second-order valence-corrected chi connectivity index (χ2v) is 7.33. The number of benzene rings is 2. The van der Waals surface area contributed by atoms with Crippen LogP contribution < -0.4 is 10.1 Å². The van der Waals surface area contributed by atoms with Crippen molar-refractivity contribution in [3.63, 3.8) is 0 Å². The van der Waals surface area contributed by atoms with Crippen LogP contribution in [0.2, 0.25) is 0 Å². The zero-order chi connectivity index (χ0) is 17.8. The number of anilines is 1. The molecule has 2 aromatic carbocycles. The average molecular weight is 354 g/mol. The van der Waals surface area contributed by atoms with Gasteiger partial charge in [-0.1, -0.05) is 50.3 Å². The summed E-state index contributed by atoms with van der Waals surface area (Å²) in [7, 11) is 0. The Morgan fingerprint density at radius 3 is 2.60 bits per heavy atom. The number of aryl methyl sites for hydroxylation is 2. The molecule has 0 aromatic heterocycles. The SMILES string of the molecule is CCC(=S)Nc1ccc(C2CC2)cc1COc1ccc(CC)cc1C. The van der Waals surface area contributed by atoms with Crippen LogP contribution in [0.1, 0.15) is 61.3 Å². The molecule has 1 saturated carbocycles. The summed E-state index contributed by atoms with van der Waals surface area (Å²) in [6.45, 7) is 6.91. The molecular weight excluding hydrogens is 326 g/mol. The number of hydrogen-bond donors (Lipinski definition) is 1. The van der Waals surface area contributed by atoms with Gasteiger partial charge in [-0.25, -0.2) is 0 Å². The number of hydrogen-bond acceptors (Lipinski definition) is 2. The third-order valence-electron chi connectivity index (χ3n) is 4.80. The molecule has 25 heavy (non-hydrogen) atoms. The highest BCUT2D eigenvalue weighted by Gasteiger charge is 2.24. The fourth-order valence-corrected chi connectivity index (χ4v) is 3.12. The molecule has 1 fully saturated rings. The summed E-state index contributed by atoms with van der Waals surface area (Å²) in [4.78, 5) is 0.865. The molecule has 0 spiro atoms. The van der Waals surface area contributed by atoms with Gasteiger partial charge in [0.25, 0.3) is 0 Å². The van der Waals surface area contributed by atoms with Gasteiger partial charge in [0.05, 0.1) is 4.99 Å². The minimum Gasteiger partial charge on any atom is -0.489 e. The van der Waals surface area contributed by atoms with Crippen molar-refractivity contribution in [2.45, 2.75) is 59.0 Å². The second kappa shape index (κ2) is 8.01. The first-order chi connectivity index (χ1) is 12.1. The van der Waals surface area contributed by atoms with Gasteiger partial charge in [-0.05, 0) is 67.3 Å². The molecule has 0 radical (unpaired) electrons. The van der Waals surface area contributed by atoms with E-state index < -0.39 is 0 Å². The highest BCUT2D eigenvalue weighted by atomic mass is 32.1. The van der Waals surface area contributed by atoms with Crippen molar-refractivity contribution in [2.24, 2.45) is 0 Å². The summed E-state index contributed by atoms with van der Waals surface area (Å²) in [5, 5.41) is 3.37. The number of nitrogens with one attached hydrogen (secondary N) is 1. The summed E-state index contributed by atoms with van der Waals surface area (Å²) in [5.41, 5.74) is 6.20. The van der Waals surface area contributed by atoms with Crippen molar-refractivity contribution in [2.75, 3.05) is 5.32 Å². The zero-order valence-corrected chi connectivity index (χ0v) is 16.2. The lowest BCUT2D eigenvalue weighted by molar-refractivity contribution is 0.304. The van der Waals surface area contributed by atoms with Crippen molar-refractivity contribution in [3.8, 4) is 5.75 Å². The monoisotopic (exact) mass is 353 g/mol. The first kappa shape index (κ1) is 17.9. The maximum Gasteiger partial charge on any atom is 0.122 e. The van der Waals surface area contributed by atoms with E-state index >= 15 is 0 Å². The molecule has 1 N–H and O–H groups in total. The Balaban J connectivity index is 1.79. The minimum atomic E-state index is 0.557. The second-order valence-electron chi connectivity index (χ2n) is 6.83. The highest BCUT2D eigenvalue weighted by Crippen LogP contribution is 2.41. The van der Waals surface area contributed by atoms with Gasteiger partial charge in [0, 0.05) is 11.3 Å². The van der Waals surface area contributed by atoms with Gasteiger partial charge in [0.2, 0.25) is 0 Å². The molecule has 0 heterocycles. The number of rotatable bonds is 7. The molecule has 2 aromatic rings. The minimum absolute atomic E-state index is 0.557. The maximum absolute atomic E-state index is 6.15. The van der Waals surface area contributed by atoms with Crippen molar-refractivity contribution in [1.82, 2.24) is 0 Å². The molecule has 0 bridgehead atoms. The fourth-order valence-electron chi connectivity index (χ4n) is 3.01. The van der Waals surface area contributed by atoms with Gasteiger partial charge in [0.15, 0.2) is 0 Å². The van der Waals surface area contributed by atoms with E-state index in [1.807, 2.05) is 0 Å². The van der Waals surface area contributed by atoms with E-state index in [1.165, 1.54) is 35.1 Å². The molecule has 3 rings (SSSR count). The fraction of sp³-hybridized carbons (Fsp3) is 0.409. The Bertz CT molecular complexity index is 765. The first-order valence-corrected chi connectivity index (χ1v) is 9.66. The largest absolute Gasteiger partial charge is 0.489 e. The summed E-state index contributed by atoms with van der Waals surface area (Å²) in [6.07, 6.45) is 4.50. The van der Waals surface area contributed by atoms with Crippen LogP contribution in [0.5, 0.6) is 5.75 Å². The maximum atomic E-state index is 6.15. The average Bonchev–Trinajstić information content (AvgIpc) is 3.46. The molecule has 1 aliphatic rings. The van der Waals surface area contributed by atoms with E-state index in [-0.39, 0.29) is 0 Å². The Morgan fingerprint density at radius 2 is 1.96 bits per heavy atom. The first-order valence-electron chi connectivity index (χ1n) is 9.25. The third-order valence-corrected chi connectivity index (χ3v) is 5.19. The van der Waals surface area contributed by atoms with Crippen LogP contribution in [0.3, 0.4) is 0 Å². The van der Waals surface area contributed by atoms with Gasteiger partial charge < -0.3 is 10.1 Å². The summed E-state index contributed by atoms with van der Waals surface area (Å²) in [5.74, 6) is 1.69. The van der Waals surface area contributed by atoms with Crippen LogP contribution in [-0.4, -0.2) is 4.99 Å². The van der Waals surface area contributed by atoms with Gasteiger partial charge in [0.1, 0.15) is 12.4 Å². The topological polar surface area (TPSA) is 21.3 Å². The van der Waals surface area contributed by atoms with E-state index in [1.54, 1.807) is 0 Å². The summed E-state index contributed by atoms with van der Waals surface area (Å²) in [6, 6.07) is 13.1. The molecule has 0 unspecified atom stereocenters. The number of ether oxygens (including phenoxy) is 1. The molecule has 1 aliphatic carbocycles. The van der Waals surface area contributed by atoms with E-state index in [0.29, 0.717) is 6.61 Å². The predicted octanol–water partition coefficient (Wildman–Crippen LogP) is 6.16. The van der Waals surface area contributed by atoms with Crippen LogP contribution >= 0.6 is 12.2 Å². The Morgan fingerprint density at radius 1 is 1.16 bits per heavy atom. The van der Waals surface area contributed by atoms with E-state index in [2.05, 4.69) is 62.5 Å². The van der Waals surface area contributed by atoms with Crippen LogP contribution in [0.4, 0.5) is 5.69 Å². The molecule has 3 heteroatoms. The van der Waals surface area contributed by atoms with E-state index in [9.17, 15) is 0 Å². The van der Waals surface area contributed by atoms with Crippen LogP contribution in [-0.2, 0) is 13.0 Å². The third kappa shape index (κ3) is 4.60. The van der Waals surface area contributed by atoms with Gasteiger partial charge in [-0.3, -0.25) is 0 Å². The lowest BCUT2D eigenvalue weighted by atomic mass is 10.1. The Hall–Kier alpha value is -1.87. The molecular formula is C22H27NOS. The standard InChI is InChI=1S/C22H27NOS/c1-4-16-6-11-21(15(3)12-16)24-14-19-13-18(17-7-8-17)9-10-20(19)23-22(25)5-2/h6,9-13,17H,4-5,7-8,14H2,1-3H3,(H,23,25). The van der Waals surface area contributed by atoms with Crippen molar-refractivity contribution < 1.29 is 4.74 Å². The summed E-state index contributed by atoms with van der Waals surface area (Å²) < 4.78 is 6.15. The lowest BCUT2D eigenvalue weighted by Crippen LogP contribution is -2.10. The Labute approximate surface area is 156 Å². The van der Waals surface area contributed by atoms with Crippen molar-refractivity contribution >= 4 is 22.9 Å².